The third-order valence-corrected chi connectivity index (χ3v) is 0.988. The molecular weight excluding hydrogens is 136 g/mol. The number of aromatic carboxylic acids is 1. The Morgan fingerprint density at radius 3 is 2.80 bits per heavy atom. The van der Waals surface area contributed by atoms with Crippen molar-refractivity contribution in [2.24, 2.45) is 0 Å². The minimum absolute atomic E-state index is 0.157. The van der Waals surface area contributed by atoms with Crippen molar-refractivity contribution in [3.8, 4) is 0 Å². The number of carbonyl (C=O) groups is 1. The second kappa shape index (κ2) is 2.34. The van der Waals surface area contributed by atoms with Crippen LogP contribution in [0.2, 0.25) is 0 Å². The van der Waals surface area contributed by atoms with E-state index >= 15 is 0 Å². The topological polar surface area (TPSA) is 67.5 Å². The molecule has 4 nitrogen and oxygen atoms in total. The molecule has 0 fully saturated rings. The summed E-state index contributed by atoms with van der Waals surface area (Å²) in [5.41, 5.74) is -0.157. The first kappa shape index (κ1) is 6.54. The first-order valence-electron chi connectivity index (χ1n) is 2.44. The standard InChI is InChI=1S/C6H3O4/c7-3-5-4(6(8)9)1-2-10-5/h1-2H,(H,8,9). The maximum atomic E-state index is 10.2. The smallest absolute Gasteiger partial charge is 0.339 e. The fourth-order valence-corrected chi connectivity index (χ4v) is 0.557. The fourth-order valence-electron chi connectivity index (χ4n) is 0.557. The Balaban J connectivity index is 3.13. The summed E-state index contributed by atoms with van der Waals surface area (Å²) < 4.78 is 4.47. The molecule has 1 heterocycles. The summed E-state index contributed by atoms with van der Waals surface area (Å²) in [5, 5.41) is 8.35. The molecule has 0 bridgehead atoms. The molecule has 0 aromatic carbocycles. The Bertz CT molecular complexity index is 260. The molecule has 51 valence electrons. The van der Waals surface area contributed by atoms with Crippen LogP contribution in [-0.4, -0.2) is 17.4 Å². The van der Waals surface area contributed by atoms with Crippen molar-refractivity contribution in [1.82, 2.24) is 0 Å². The Kier molecular flexibility index (Phi) is 1.53. The van der Waals surface area contributed by atoms with Crippen molar-refractivity contribution in [1.29, 1.82) is 0 Å². The van der Waals surface area contributed by atoms with Crippen molar-refractivity contribution in [3.63, 3.8) is 0 Å². The predicted molar refractivity (Wildman–Crippen MR) is 30.5 cm³/mol. The lowest BCUT2D eigenvalue weighted by atomic mass is 10.3. The van der Waals surface area contributed by atoms with Crippen LogP contribution in [0.15, 0.2) is 16.7 Å². The van der Waals surface area contributed by atoms with E-state index in [4.69, 9.17) is 5.11 Å². The number of rotatable bonds is 2. The van der Waals surface area contributed by atoms with E-state index in [-0.39, 0.29) is 11.3 Å². The molecule has 10 heavy (non-hydrogen) atoms. The molecule has 0 unspecified atom stereocenters. The van der Waals surface area contributed by atoms with Gasteiger partial charge in [0, 0.05) is 0 Å². The minimum atomic E-state index is -1.19. The van der Waals surface area contributed by atoms with Gasteiger partial charge < -0.3 is 9.52 Å². The molecule has 0 aliphatic carbocycles. The van der Waals surface area contributed by atoms with Gasteiger partial charge in [0.1, 0.15) is 5.56 Å². The quantitative estimate of drug-likeness (QED) is 0.645. The van der Waals surface area contributed by atoms with Gasteiger partial charge in [-0.3, -0.25) is 4.79 Å². The van der Waals surface area contributed by atoms with E-state index in [1.807, 2.05) is 0 Å². The Labute approximate surface area is 56.1 Å². The molecule has 1 aromatic heterocycles. The summed E-state index contributed by atoms with van der Waals surface area (Å²) in [7, 11) is 0. The number of carboxylic acid groups (broad SMARTS) is 1. The molecular formula is C6H3O4. The van der Waals surface area contributed by atoms with Gasteiger partial charge in [-0.25, -0.2) is 4.79 Å². The Morgan fingerprint density at radius 1 is 1.70 bits per heavy atom. The highest BCUT2D eigenvalue weighted by Crippen LogP contribution is 2.06. The lowest BCUT2D eigenvalue weighted by Gasteiger charge is -1.83. The molecule has 1 aromatic rings. The van der Waals surface area contributed by atoms with Crippen molar-refractivity contribution in [3.05, 3.63) is 23.7 Å². The Morgan fingerprint density at radius 2 is 2.40 bits per heavy atom. The SMILES string of the molecule is O=[C]c1occc1C(=O)O. The largest absolute Gasteiger partial charge is 0.478 e. The van der Waals surface area contributed by atoms with Gasteiger partial charge in [0.25, 0.3) is 6.29 Å². The third-order valence-electron chi connectivity index (χ3n) is 0.988. The average molecular weight is 139 g/mol. The second-order valence-corrected chi connectivity index (χ2v) is 1.57. The molecule has 1 rings (SSSR count). The van der Waals surface area contributed by atoms with Gasteiger partial charge in [-0.15, -0.1) is 0 Å². The van der Waals surface area contributed by atoms with Crippen LogP contribution in [0.3, 0.4) is 0 Å². The van der Waals surface area contributed by atoms with Crippen molar-refractivity contribution in [2.75, 3.05) is 0 Å². The summed E-state index contributed by atoms with van der Waals surface area (Å²) >= 11 is 0. The lowest BCUT2D eigenvalue weighted by Crippen LogP contribution is -1.97. The zero-order valence-electron chi connectivity index (χ0n) is 4.83. The molecule has 0 atom stereocenters. The minimum Gasteiger partial charge on any atom is -0.478 e. The van der Waals surface area contributed by atoms with Crippen LogP contribution in [0.25, 0.3) is 0 Å². The maximum Gasteiger partial charge on any atom is 0.339 e. The van der Waals surface area contributed by atoms with Gasteiger partial charge in [-0.05, 0) is 6.07 Å². The zero-order chi connectivity index (χ0) is 7.56. The summed E-state index contributed by atoms with van der Waals surface area (Å²) in [5.74, 6) is -1.46. The van der Waals surface area contributed by atoms with Crippen LogP contribution < -0.4 is 0 Å². The van der Waals surface area contributed by atoms with Crippen molar-refractivity contribution in [2.45, 2.75) is 0 Å². The molecule has 0 saturated heterocycles. The number of carboxylic acids is 1. The molecule has 0 aliphatic heterocycles. The predicted octanol–water partition coefficient (Wildman–Crippen LogP) is 0.436. The van der Waals surface area contributed by atoms with E-state index < -0.39 is 5.97 Å². The molecule has 0 saturated carbocycles. The van der Waals surface area contributed by atoms with Crippen LogP contribution in [0, 0.1) is 0 Å². The van der Waals surface area contributed by atoms with Crippen LogP contribution in [0.5, 0.6) is 0 Å². The highest BCUT2D eigenvalue weighted by atomic mass is 16.4. The van der Waals surface area contributed by atoms with E-state index in [1.54, 1.807) is 0 Å². The monoisotopic (exact) mass is 139 g/mol. The molecule has 0 spiro atoms. The van der Waals surface area contributed by atoms with E-state index in [9.17, 15) is 9.59 Å². The summed E-state index contributed by atoms with van der Waals surface area (Å²) in [6.07, 6.45) is 2.49. The van der Waals surface area contributed by atoms with Crippen LogP contribution >= 0.6 is 0 Å². The molecule has 1 N–H and O–H groups in total. The normalized spacial score (nSPS) is 9.20. The lowest BCUT2D eigenvalue weighted by molar-refractivity contribution is 0.0695. The third kappa shape index (κ3) is 0.907. The van der Waals surface area contributed by atoms with Gasteiger partial charge in [0.2, 0.25) is 0 Å². The maximum absolute atomic E-state index is 10.2. The highest BCUT2D eigenvalue weighted by Gasteiger charge is 2.11. The van der Waals surface area contributed by atoms with E-state index in [2.05, 4.69) is 4.42 Å². The van der Waals surface area contributed by atoms with Crippen LogP contribution in [0.1, 0.15) is 16.1 Å². The van der Waals surface area contributed by atoms with E-state index in [0.29, 0.717) is 0 Å². The average Bonchev–Trinajstić information content (AvgIpc) is 2.33. The fraction of sp³-hybridized carbons (Fsp3) is 0. The van der Waals surface area contributed by atoms with Crippen LogP contribution in [-0.2, 0) is 4.79 Å². The number of hydrogen-bond acceptors (Lipinski definition) is 3. The first-order chi connectivity index (χ1) is 4.75. The summed E-state index contributed by atoms with van der Waals surface area (Å²) in [4.78, 5) is 20.1. The summed E-state index contributed by atoms with van der Waals surface area (Å²) in [6, 6.07) is 1.20. The van der Waals surface area contributed by atoms with Crippen molar-refractivity contribution >= 4 is 12.3 Å². The number of hydrogen-bond donors (Lipinski definition) is 1. The van der Waals surface area contributed by atoms with Gasteiger partial charge in [-0.1, -0.05) is 0 Å². The van der Waals surface area contributed by atoms with Gasteiger partial charge in [-0.2, -0.15) is 0 Å². The molecule has 4 heteroatoms. The zero-order valence-corrected chi connectivity index (χ0v) is 4.83. The highest BCUT2D eigenvalue weighted by molar-refractivity contribution is 5.95. The van der Waals surface area contributed by atoms with Crippen LogP contribution in [0.4, 0.5) is 0 Å². The van der Waals surface area contributed by atoms with Crippen molar-refractivity contribution < 1.29 is 19.1 Å². The summed E-state index contributed by atoms with van der Waals surface area (Å²) in [6.45, 7) is 0. The Hall–Kier alpha value is -1.58. The molecule has 0 amide bonds. The number of furan rings is 1. The van der Waals surface area contributed by atoms with Gasteiger partial charge in [0.15, 0.2) is 5.76 Å². The first-order valence-corrected chi connectivity index (χ1v) is 2.44. The number of carbonyl (C=O) groups excluding carboxylic acids is 1. The second-order valence-electron chi connectivity index (χ2n) is 1.57. The van der Waals surface area contributed by atoms with E-state index in [0.717, 1.165) is 6.26 Å². The molecule has 0 aliphatic rings. The van der Waals surface area contributed by atoms with Gasteiger partial charge in [0.05, 0.1) is 6.26 Å². The van der Waals surface area contributed by atoms with E-state index in [1.165, 1.54) is 12.4 Å². The molecule has 1 radical (unpaired) electrons. The van der Waals surface area contributed by atoms with Gasteiger partial charge >= 0.3 is 5.97 Å².